The van der Waals surface area contributed by atoms with Gasteiger partial charge in [0.1, 0.15) is 11.6 Å². The van der Waals surface area contributed by atoms with Crippen LogP contribution in [0.1, 0.15) is 36.2 Å². The molecule has 1 heterocycles. The SMILES string of the molecule is CN=C(NCCC(C)c1ccc(OC)cc1)NCc1nccn1Cc1ccccc1.I. The Morgan fingerprint density at radius 1 is 1.10 bits per heavy atom. The summed E-state index contributed by atoms with van der Waals surface area (Å²) in [6.45, 7) is 4.50. The molecule has 1 aromatic heterocycles. The molecule has 3 rings (SSSR count). The molecule has 0 radical (unpaired) electrons. The van der Waals surface area contributed by atoms with Gasteiger partial charge in [0, 0.05) is 32.5 Å². The van der Waals surface area contributed by atoms with Crippen LogP contribution in [0.5, 0.6) is 5.75 Å². The molecule has 166 valence electrons. The predicted octanol–water partition coefficient (Wildman–Crippen LogP) is 4.42. The van der Waals surface area contributed by atoms with Crippen LogP contribution in [-0.2, 0) is 13.1 Å². The van der Waals surface area contributed by atoms with Crippen LogP contribution in [-0.4, -0.2) is 36.2 Å². The first-order valence-corrected chi connectivity index (χ1v) is 10.3. The average Bonchev–Trinajstić information content (AvgIpc) is 3.23. The Morgan fingerprint density at radius 3 is 2.52 bits per heavy atom. The molecular formula is C24H32IN5O. The number of guanidine groups is 1. The molecule has 0 aliphatic heterocycles. The highest BCUT2D eigenvalue weighted by atomic mass is 127. The standard InChI is InChI=1S/C24H31N5O.HI/c1-19(21-9-11-22(30-3)12-10-21)13-14-27-24(25-2)28-17-23-26-15-16-29(23)18-20-7-5-4-6-8-20;/h4-12,15-16,19H,13-14,17-18H2,1-3H3,(H2,25,27,28);1H. The van der Waals surface area contributed by atoms with Crippen molar-refractivity contribution in [2.45, 2.75) is 32.4 Å². The van der Waals surface area contributed by atoms with E-state index in [4.69, 9.17) is 4.74 Å². The van der Waals surface area contributed by atoms with Crippen molar-refractivity contribution in [3.8, 4) is 5.75 Å². The first-order chi connectivity index (χ1) is 14.7. The molecule has 0 amide bonds. The number of hydrogen-bond donors (Lipinski definition) is 2. The Morgan fingerprint density at radius 2 is 1.84 bits per heavy atom. The third kappa shape index (κ3) is 7.57. The van der Waals surface area contributed by atoms with Gasteiger partial charge in [-0.2, -0.15) is 0 Å². The van der Waals surface area contributed by atoms with Gasteiger partial charge in [-0.3, -0.25) is 4.99 Å². The number of imidazole rings is 1. The van der Waals surface area contributed by atoms with Crippen molar-refractivity contribution in [1.82, 2.24) is 20.2 Å². The summed E-state index contributed by atoms with van der Waals surface area (Å²) >= 11 is 0. The van der Waals surface area contributed by atoms with Gasteiger partial charge < -0.3 is 19.9 Å². The lowest BCUT2D eigenvalue weighted by Gasteiger charge is -2.16. The van der Waals surface area contributed by atoms with Crippen molar-refractivity contribution in [3.05, 3.63) is 83.9 Å². The van der Waals surface area contributed by atoms with Crippen LogP contribution >= 0.6 is 24.0 Å². The lowest BCUT2D eigenvalue weighted by molar-refractivity contribution is 0.414. The van der Waals surface area contributed by atoms with E-state index in [1.165, 1.54) is 11.1 Å². The zero-order valence-electron chi connectivity index (χ0n) is 18.4. The van der Waals surface area contributed by atoms with E-state index in [1.807, 2.05) is 30.6 Å². The molecule has 0 aliphatic rings. The van der Waals surface area contributed by atoms with Crippen LogP contribution in [0.4, 0.5) is 0 Å². The number of aromatic nitrogens is 2. The van der Waals surface area contributed by atoms with Gasteiger partial charge in [0.25, 0.3) is 0 Å². The maximum atomic E-state index is 5.23. The van der Waals surface area contributed by atoms with Gasteiger partial charge in [-0.25, -0.2) is 4.98 Å². The van der Waals surface area contributed by atoms with Crippen LogP contribution in [0.25, 0.3) is 0 Å². The van der Waals surface area contributed by atoms with E-state index in [0.29, 0.717) is 12.5 Å². The van der Waals surface area contributed by atoms with Gasteiger partial charge in [0.15, 0.2) is 5.96 Å². The zero-order valence-corrected chi connectivity index (χ0v) is 20.7. The van der Waals surface area contributed by atoms with Crippen LogP contribution < -0.4 is 15.4 Å². The van der Waals surface area contributed by atoms with Crippen LogP contribution in [0.2, 0.25) is 0 Å². The summed E-state index contributed by atoms with van der Waals surface area (Å²) in [5.41, 5.74) is 2.57. The number of methoxy groups -OCH3 is 1. The minimum absolute atomic E-state index is 0. The number of hydrogen-bond acceptors (Lipinski definition) is 3. The number of nitrogens with zero attached hydrogens (tertiary/aromatic N) is 3. The Labute approximate surface area is 202 Å². The minimum atomic E-state index is 0. The quantitative estimate of drug-likeness (QED) is 0.243. The number of ether oxygens (including phenoxy) is 1. The summed E-state index contributed by atoms with van der Waals surface area (Å²) in [6, 6.07) is 18.7. The Balaban J connectivity index is 0.00000341. The van der Waals surface area contributed by atoms with E-state index in [0.717, 1.165) is 37.0 Å². The van der Waals surface area contributed by atoms with Crippen molar-refractivity contribution in [2.24, 2.45) is 4.99 Å². The molecule has 1 unspecified atom stereocenters. The van der Waals surface area contributed by atoms with Crippen molar-refractivity contribution in [2.75, 3.05) is 20.7 Å². The predicted molar refractivity (Wildman–Crippen MR) is 137 cm³/mol. The fourth-order valence-corrected chi connectivity index (χ4v) is 3.32. The molecule has 1 atom stereocenters. The fraction of sp³-hybridized carbons (Fsp3) is 0.333. The fourth-order valence-electron chi connectivity index (χ4n) is 3.32. The molecule has 0 fully saturated rings. The molecule has 31 heavy (non-hydrogen) atoms. The number of nitrogens with one attached hydrogen (secondary N) is 2. The molecule has 7 heteroatoms. The second-order valence-corrected chi connectivity index (χ2v) is 7.27. The van der Waals surface area contributed by atoms with Crippen LogP contribution in [0.15, 0.2) is 72.0 Å². The number of rotatable bonds is 9. The van der Waals surface area contributed by atoms with E-state index < -0.39 is 0 Å². The van der Waals surface area contributed by atoms with Crippen molar-refractivity contribution in [3.63, 3.8) is 0 Å². The highest BCUT2D eigenvalue weighted by molar-refractivity contribution is 14.0. The van der Waals surface area contributed by atoms with Gasteiger partial charge in [0.05, 0.1) is 13.7 Å². The number of benzene rings is 2. The van der Waals surface area contributed by atoms with E-state index >= 15 is 0 Å². The van der Waals surface area contributed by atoms with Gasteiger partial charge >= 0.3 is 0 Å². The molecule has 0 bridgehead atoms. The smallest absolute Gasteiger partial charge is 0.191 e. The van der Waals surface area contributed by atoms with E-state index in [-0.39, 0.29) is 24.0 Å². The van der Waals surface area contributed by atoms with Crippen molar-refractivity contribution < 1.29 is 4.74 Å². The number of halogens is 1. The van der Waals surface area contributed by atoms with Crippen molar-refractivity contribution >= 4 is 29.9 Å². The largest absolute Gasteiger partial charge is 0.497 e. The van der Waals surface area contributed by atoms with Crippen LogP contribution in [0, 0.1) is 0 Å². The molecule has 2 N–H and O–H groups in total. The highest BCUT2D eigenvalue weighted by Gasteiger charge is 2.08. The number of aliphatic imine (C=N–C) groups is 1. The Bertz CT molecular complexity index is 925. The lowest BCUT2D eigenvalue weighted by Crippen LogP contribution is -2.38. The lowest BCUT2D eigenvalue weighted by atomic mass is 9.98. The average molecular weight is 533 g/mol. The third-order valence-electron chi connectivity index (χ3n) is 5.19. The maximum Gasteiger partial charge on any atom is 0.191 e. The third-order valence-corrected chi connectivity index (χ3v) is 5.19. The first kappa shape index (κ1) is 24.7. The van der Waals surface area contributed by atoms with E-state index in [9.17, 15) is 0 Å². The molecule has 0 aliphatic carbocycles. The van der Waals surface area contributed by atoms with Gasteiger partial charge in [-0.1, -0.05) is 49.4 Å². The van der Waals surface area contributed by atoms with E-state index in [1.54, 1.807) is 14.2 Å². The van der Waals surface area contributed by atoms with Gasteiger partial charge in [0.2, 0.25) is 0 Å². The monoisotopic (exact) mass is 533 g/mol. The second kappa shape index (κ2) is 13.0. The summed E-state index contributed by atoms with van der Waals surface area (Å²) in [6.07, 6.45) is 4.86. The Hall–Kier alpha value is -2.55. The minimum Gasteiger partial charge on any atom is -0.497 e. The summed E-state index contributed by atoms with van der Waals surface area (Å²) in [4.78, 5) is 8.82. The summed E-state index contributed by atoms with van der Waals surface area (Å²) in [5, 5.41) is 6.77. The topological polar surface area (TPSA) is 63.5 Å². The summed E-state index contributed by atoms with van der Waals surface area (Å²) < 4.78 is 7.39. The van der Waals surface area contributed by atoms with Crippen molar-refractivity contribution in [1.29, 1.82) is 0 Å². The Kier molecular flexibility index (Phi) is 10.4. The van der Waals surface area contributed by atoms with Gasteiger partial charge in [-0.05, 0) is 35.6 Å². The molecule has 6 nitrogen and oxygen atoms in total. The maximum absolute atomic E-state index is 5.23. The molecule has 3 aromatic rings. The zero-order chi connectivity index (χ0) is 21.2. The second-order valence-electron chi connectivity index (χ2n) is 7.27. The first-order valence-electron chi connectivity index (χ1n) is 10.3. The van der Waals surface area contributed by atoms with E-state index in [2.05, 4.69) is 68.5 Å². The molecule has 0 saturated heterocycles. The van der Waals surface area contributed by atoms with Crippen LogP contribution in [0.3, 0.4) is 0 Å². The molecular weight excluding hydrogens is 501 g/mol. The normalized spacial score (nSPS) is 12.0. The highest BCUT2D eigenvalue weighted by Crippen LogP contribution is 2.21. The summed E-state index contributed by atoms with van der Waals surface area (Å²) in [7, 11) is 3.48. The summed E-state index contributed by atoms with van der Waals surface area (Å²) in [5.74, 6) is 3.10. The molecule has 0 spiro atoms. The van der Waals surface area contributed by atoms with Gasteiger partial charge in [-0.15, -0.1) is 24.0 Å². The molecule has 2 aromatic carbocycles. The molecule has 0 saturated carbocycles.